The number of aryl methyl sites for hydroxylation is 1. The van der Waals surface area contributed by atoms with E-state index in [1.54, 1.807) is 6.33 Å². The fourth-order valence-corrected chi connectivity index (χ4v) is 3.04. The summed E-state index contributed by atoms with van der Waals surface area (Å²) in [5.41, 5.74) is 2.04. The number of benzene rings is 1. The van der Waals surface area contributed by atoms with Gasteiger partial charge in [0.1, 0.15) is 12.2 Å². The third kappa shape index (κ3) is 2.78. The van der Waals surface area contributed by atoms with E-state index in [-0.39, 0.29) is 5.38 Å². The van der Waals surface area contributed by atoms with Crippen molar-refractivity contribution in [1.82, 2.24) is 24.3 Å². The van der Waals surface area contributed by atoms with Gasteiger partial charge in [0.15, 0.2) is 5.82 Å². The van der Waals surface area contributed by atoms with E-state index in [1.807, 2.05) is 11.5 Å². The molecular weight excluding hydrogens is 401 g/mol. The molecule has 0 saturated heterocycles. The molecule has 0 amide bonds. The van der Waals surface area contributed by atoms with Gasteiger partial charge in [-0.05, 0) is 54.6 Å². The predicted octanol–water partition coefficient (Wildman–Crippen LogP) is 3.60. The molecule has 0 N–H and O–H groups in total. The van der Waals surface area contributed by atoms with Crippen LogP contribution in [0.3, 0.4) is 0 Å². The fourth-order valence-electron chi connectivity index (χ4n) is 2.40. The molecule has 110 valence electrons. The Bertz CT molecular complexity index is 777. The summed E-state index contributed by atoms with van der Waals surface area (Å²) in [5.74, 6) is 1.77. The molecule has 0 saturated carbocycles. The Morgan fingerprint density at radius 2 is 2.19 bits per heavy atom. The van der Waals surface area contributed by atoms with Gasteiger partial charge in [0.05, 0.1) is 23.0 Å². The van der Waals surface area contributed by atoms with E-state index < -0.39 is 0 Å². The molecule has 0 fully saturated rings. The second-order valence-electron chi connectivity index (χ2n) is 4.84. The van der Waals surface area contributed by atoms with Gasteiger partial charge in [0.2, 0.25) is 0 Å². The molecule has 0 aliphatic carbocycles. The Hall–Kier alpha value is -1.15. The van der Waals surface area contributed by atoms with E-state index in [2.05, 4.69) is 67.5 Å². The van der Waals surface area contributed by atoms with Crippen LogP contribution in [0.25, 0.3) is 11.0 Å². The minimum atomic E-state index is -0.159. The van der Waals surface area contributed by atoms with Crippen LogP contribution < -0.4 is 0 Å². The van der Waals surface area contributed by atoms with Crippen molar-refractivity contribution in [3.8, 4) is 0 Å². The highest BCUT2D eigenvalue weighted by Gasteiger charge is 2.17. The normalized spacial score (nSPS) is 13.0. The molecule has 5 nitrogen and oxygen atoms in total. The molecule has 1 aromatic carbocycles. The molecule has 2 heterocycles. The first-order chi connectivity index (χ1) is 10.1. The van der Waals surface area contributed by atoms with Crippen molar-refractivity contribution in [3.63, 3.8) is 0 Å². The first-order valence-electron chi connectivity index (χ1n) is 6.76. The Balaban J connectivity index is 2.13. The molecule has 0 radical (unpaired) electrons. The standard InChI is InChI=1S/C14H15ClIN5/c1-3-20-8-17-19-13(20)7-21-12-5-4-10(16)6-11(12)18-14(21)9(2)15/h4-6,8-9H,3,7H2,1-2H3. The van der Waals surface area contributed by atoms with E-state index in [9.17, 15) is 0 Å². The lowest BCUT2D eigenvalue weighted by Gasteiger charge is -2.10. The average Bonchev–Trinajstić information content (AvgIpc) is 3.03. The van der Waals surface area contributed by atoms with E-state index in [4.69, 9.17) is 11.6 Å². The maximum Gasteiger partial charge on any atom is 0.152 e. The minimum absolute atomic E-state index is 0.159. The lowest BCUT2D eigenvalue weighted by molar-refractivity contribution is 0.639. The summed E-state index contributed by atoms with van der Waals surface area (Å²) >= 11 is 8.60. The Morgan fingerprint density at radius 1 is 1.38 bits per heavy atom. The zero-order valence-corrected chi connectivity index (χ0v) is 14.7. The van der Waals surface area contributed by atoms with Gasteiger partial charge in [0, 0.05) is 10.1 Å². The highest BCUT2D eigenvalue weighted by atomic mass is 127. The lowest BCUT2D eigenvalue weighted by Crippen LogP contribution is -2.10. The fraction of sp³-hybridized carbons (Fsp3) is 0.357. The van der Waals surface area contributed by atoms with Gasteiger partial charge in [-0.3, -0.25) is 0 Å². The third-order valence-corrected chi connectivity index (χ3v) is 4.30. The molecule has 2 aromatic heterocycles. The first-order valence-corrected chi connectivity index (χ1v) is 8.28. The van der Waals surface area contributed by atoms with Crippen LogP contribution in [0.4, 0.5) is 0 Å². The number of alkyl halides is 1. The molecule has 0 spiro atoms. The van der Waals surface area contributed by atoms with E-state index >= 15 is 0 Å². The van der Waals surface area contributed by atoms with Crippen molar-refractivity contribution in [2.75, 3.05) is 0 Å². The van der Waals surface area contributed by atoms with Crippen molar-refractivity contribution in [1.29, 1.82) is 0 Å². The Morgan fingerprint density at radius 3 is 2.90 bits per heavy atom. The molecule has 0 aliphatic heterocycles. The number of fused-ring (bicyclic) bond motifs is 1. The van der Waals surface area contributed by atoms with Crippen molar-refractivity contribution < 1.29 is 0 Å². The number of hydrogen-bond donors (Lipinski definition) is 0. The van der Waals surface area contributed by atoms with E-state index in [1.165, 1.54) is 0 Å². The van der Waals surface area contributed by atoms with Crippen LogP contribution in [-0.2, 0) is 13.1 Å². The lowest BCUT2D eigenvalue weighted by atomic mass is 10.3. The largest absolute Gasteiger partial charge is 0.319 e. The summed E-state index contributed by atoms with van der Waals surface area (Å²) in [6, 6.07) is 6.23. The zero-order chi connectivity index (χ0) is 15.0. The number of rotatable bonds is 4. The average molecular weight is 416 g/mol. The zero-order valence-electron chi connectivity index (χ0n) is 11.8. The number of aromatic nitrogens is 5. The van der Waals surface area contributed by atoms with E-state index in [0.717, 1.165) is 32.8 Å². The molecular formula is C14H15ClIN5. The molecule has 1 atom stereocenters. The summed E-state index contributed by atoms with van der Waals surface area (Å²) in [6.07, 6.45) is 1.75. The number of hydrogen-bond acceptors (Lipinski definition) is 3. The second-order valence-corrected chi connectivity index (χ2v) is 6.74. The van der Waals surface area contributed by atoms with Gasteiger partial charge in [-0.15, -0.1) is 21.8 Å². The molecule has 3 aromatic rings. The quantitative estimate of drug-likeness (QED) is 0.483. The minimum Gasteiger partial charge on any atom is -0.319 e. The van der Waals surface area contributed by atoms with Gasteiger partial charge in [-0.25, -0.2) is 4.98 Å². The van der Waals surface area contributed by atoms with Crippen molar-refractivity contribution >= 4 is 45.2 Å². The van der Waals surface area contributed by atoms with Gasteiger partial charge in [-0.1, -0.05) is 0 Å². The molecule has 3 rings (SSSR count). The maximum atomic E-state index is 6.31. The van der Waals surface area contributed by atoms with Gasteiger partial charge < -0.3 is 9.13 Å². The van der Waals surface area contributed by atoms with Gasteiger partial charge in [0.25, 0.3) is 0 Å². The summed E-state index contributed by atoms with van der Waals surface area (Å²) in [6.45, 7) is 5.48. The van der Waals surface area contributed by atoms with Crippen LogP contribution >= 0.6 is 34.2 Å². The monoisotopic (exact) mass is 415 g/mol. The Kier molecular flexibility index (Phi) is 4.17. The Labute approximate surface area is 141 Å². The van der Waals surface area contributed by atoms with Crippen LogP contribution in [0.2, 0.25) is 0 Å². The summed E-state index contributed by atoms with van der Waals surface area (Å²) < 4.78 is 5.32. The summed E-state index contributed by atoms with van der Waals surface area (Å²) in [4.78, 5) is 4.68. The van der Waals surface area contributed by atoms with Crippen LogP contribution in [-0.4, -0.2) is 24.3 Å². The molecule has 1 unspecified atom stereocenters. The number of imidazole rings is 1. The third-order valence-electron chi connectivity index (χ3n) is 3.43. The highest BCUT2D eigenvalue weighted by Crippen LogP contribution is 2.26. The van der Waals surface area contributed by atoms with Crippen molar-refractivity contribution in [2.24, 2.45) is 0 Å². The number of nitrogens with zero attached hydrogens (tertiary/aromatic N) is 5. The molecule has 7 heteroatoms. The van der Waals surface area contributed by atoms with Crippen LogP contribution in [0.15, 0.2) is 24.5 Å². The summed E-state index contributed by atoms with van der Waals surface area (Å²) in [5, 5.41) is 8.03. The topological polar surface area (TPSA) is 48.5 Å². The molecule has 0 aliphatic rings. The smallest absolute Gasteiger partial charge is 0.152 e. The number of halogens is 2. The molecule has 21 heavy (non-hydrogen) atoms. The van der Waals surface area contributed by atoms with Crippen LogP contribution in [0.1, 0.15) is 30.9 Å². The molecule has 0 bridgehead atoms. The summed E-state index contributed by atoms with van der Waals surface area (Å²) in [7, 11) is 0. The van der Waals surface area contributed by atoms with Gasteiger partial charge in [-0.2, -0.15) is 0 Å². The van der Waals surface area contributed by atoms with E-state index in [0.29, 0.717) is 6.54 Å². The van der Waals surface area contributed by atoms with Crippen LogP contribution in [0.5, 0.6) is 0 Å². The maximum absolute atomic E-state index is 6.31. The second kappa shape index (κ2) is 5.92. The highest BCUT2D eigenvalue weighted by molar-refractivity contribution is 14.1. The van der Waals surface area contributed by atoms with Crippen molar-refractivity contribution in [3.05, 3.63) is 39.7 Å². The van der Waals surface area contributed by atoms with Crippen LogP contribution in [0, 0.1) is 3.57 Å². The SMILES string of the molecule is CCn1cnnc1Cn1c(C(C)Cl)nc2cc(I)ccc21. The van der Waals surface area contributed by atoms with Crippen molar-refractivity contribution in [2.45, 2.75) is 32.3 Å². The van der Waals surface area contributed by atoms with Gasteiger partial charge >= 0.3 is 0 Å². The predicted molar refractivity (Wildman–Crippen MR) is 91.5 cm³/mol. The first kappa shape index (κ1) is 14.8.